The van der Waals surface area contributed by atoms with Gasteiger partial charge in [0.1, 0.15) is 0 Å². The van der Waals surface area contributed by atoms with Gasteiger partial charge in [0.15, 0.2) is 5.78 Å². The van der Waals surface area contributed by atoms with E-state index < -0.39 is 10.3 Å². The number of piperazine rings is 1. The molecule has 0 amide bonds. The molecule has 1 aliphatic carbocycles. The minimum atomic E-state index is -0.407. The summed E-state index contributed by atoms with van der Waals surface area (Å²) >= 11 is 0. The molecule has 1 aliphatic heterocycles. The van der Waals surface area contributed by atoms with Crippen molar-refractivity contribution in [3.05, 3.63) is 39.9 Å². The van der Waals surface area contributed by atoms with Crippen molar-refractivity contribution < 1.29 is 9.72 Å². The van der Waals surface area contributed by atoms with Gasteiger partial charge in [-0.3, -0.25) is 19.8 Å². The minimum Gasteiger partial charge on any atom is -0.304 e. The first-order chi connectivity index (χ1) is 10.5. The average molecular weight is 303 g/mol. The van der Waals surface area contributed by atoms with E-state index in [2.05, 4.69) is 16.8 Å². The Balaban J connectivity index is 1.67. The van der Waals surface area contributed by atoms with Crippen molar-refractivity contribution in [1.29, 1.82) is 0 Å². The third-order valence-electron chi connectivity index (χ3n) is 4.88. The molecule has 1 saturated carbocycles. The lowest BCUT2D eigenvalue weighted by Crippen LogP contribution is -2.47. The molecule has 22 heavy (non-hydrogen) atoms. The first kappa shape index (κ1) is 15.1. The molecule has 0 unspecified atom stereocenters. The van der Waals surface area contributed by atoms with Gasteiger partial charge in [-0.25, -0.2) is 0 Å². The number of nitro groups is 1. The van der Waals surface area contributed by atoms with Crippen LogP contribution < -0.4 is 0 Å². The van der Waals surface area contributed by atoms with Crippen LogP contribution in [0.5, 0.6) is 0 Å². The van der Waals surface area contributed by atoms with Crippen LogP contribution >= 0.6 is 0 Å². The zero-order valence-corrected chi connectivity index (χ0v) is 12.8. The van der Waals surface area contributed by atoms with Crippen LogP contribution in [0.1, 0.15) is 18.4 Å². The van der Waals surface area contributed by atoms with E-state index in [9.17, 15) is 14.9 Å². The van der Waals surface area contributed by atoms with Crippen molar-refractivity contribution in [2.75, 3.05) is 39.8 Å². The predicted octanol–water partition coefficient (Wildman–Crippen LogP) is 1.44. The van der Waals surface area contributed by atoms with Gasteiger partial charge < -0.3 is 4.90 Å². The van der Waals surface area contributed by atoms with Crippen LogP contribution in [0.2, 0.25) is 0 Å². The van der Waals surface area contributed by atoms with E-state index in [1.54, 1.807) is 12.1 Å². The molecule has 2 fully saturated rings. The van der Waals surface area contributed by atoms with Crippen LogP contribution in [-0.2, 0) is 10.2 Å². The van der Waals surface area contributed by atoms with E-state index >= 15 is 0 Å². The van der Waals surface area contributed by atoms with Gasteiger partial charge in [-0.05, 0) is 25.5 Å². The van der Waals surface area contributed by atoms with Crippen molar-refractivity contribution in [2.45, 2.75) is 18.3 Å². The Hall–Kier alpha value is -1.79. The molecule has 0 aromatic heterocycles. The van der Waals surface area contributed by atoms with Gasteiger partial charge >= 0.3 is 0 Å². The van der Waals surface area contributed by atoms with Crippen LogP contribution in [0.25, 0.3) is 0 Å². The fourth-order valence-electron chi connectivity index (χ4n) is 3.12. The van der Waals surface area contributed by atoms with Crippen LogP contribution in [0.15, 0.2) is 24.3 Å². The van der Waals surface area contributed by atoms with Gasteiger partial charge in [0.05, 0.1) is 16.9 Å². The number of non-ortho nitro benzene ring substituents is 1. The molecular formula is C16H21N3O3. The highest BCUT2D eigenvalue weighted by Crippen LogP contribution is 2.49. The second kappa shape index (κ2) is 5.78. The molecular weight excluding hydrogens is 282 g/mol. The highest BCUT2D eigenvalue weighted by atomic mass is 16.6. The zero-order valence-electron chi connectivity index (χ0n) is 12.8. The molecule has 1 heterocycles. The van der Waals surface area contributed by atoms with Gasteiger partial charge in [-0.2, -0.15) is 0 Å². The summed E-state index contributed by atoms with van der Waals surface area (Å²) in [5.74, 6) is 0.255. The summed E-state index contributed by atoms with van der Waals surface area (Å²) in [6, 6.07) is 6.48. The Labute approximate surface area is 129 Å². The molecule has 0 spiro atoms. The first-order valence-electron chi connectivity index (χ1n) is 7.70. The third-order valence-corrected chi connectivity index (χ3v) is 4.88. The Kier molecular flexibility index (Phi) is 3.97. The van der Waals surface area contributed by atoms with E-state index in [-0.39, 0.29) is 11.5 Å². The van der Waals surface area contributed by atoms with E-state index in [1.165, 1.54) is 12.1 Å². The SMILES string of the molecule is CN1CCN(CC(=O)C2(c3ccc([N+](=O)[O-])cc3)CC2)CC1. The molecule has 6 heteroatoms. The number of nitrogens with zero attached hydrogens (tertiary/aromatic N) is 3. The maximum Gasteiger partial charge on any atom is 0.269 e. The minimum absolute atomic E-state index is 0.0751. The van der Waals surface area contributed by atoms with E-state index in [0.29, 0.717) is 6.54 Å². The largest absolute Gasteiger partial charge is 0.304 e. The summed E-state index contributed by atoms with van der Waals surface area (Å²) in [7, 11) is 2.10. The van der Waals surface area contributed by atoms with Crippen molar-refractivity contribution in [3.63, 3.8) is 0 Å². The molecule has 1 saturated heterocycles. The van der Waals surface area contributed by atoms with E-state index in [0.717, 1.165) is 44.6 Å². The number of likely N-dealkylation sites (N-methyl/N-ethyl adjacent to an activating group) is 1. The lowest BCUT2D eigenvalue weighted by molar-refractivity contribution is -0.384. The van der Waals surface area contributed by atoms with Gasteiger partial charge in [0, 0.05) is 38.3 Å². The third kappa shape index (κ3) is 2.89. The molecule has 1 aromatic carbocycles. The first-order valence-corrected chi connectivity index (χ1v) is 7.70. The molecule has 2 aliphatic rings. The van der Waals surface area contributed by atoms with Gasteiger partial charge in [-0.15, -0.1) is 0 Å². The number of nitro benzene ring substituents is 1. The lowest BCUT2D eigenvalue weighted by atomic mass is 9.90. The Morgan fingerprint density at radius 3 is 2.27 bits per heavy atom. The molecule has 6 nitrogen and oxygen atoms in total. The highest BCUT2D eigenvalue weighted by molar-refractivity contribution is 5.94. The number of ketones is 1. The number of hydrogen-bond donors (Lipinski definition) is 0. The zero-order chi connectivity index (χ0) is 15.7. The Morgan fingerprint density at radius 2 is 1.77 bits per heavy atom. The summed E-state index contributed by atoms with van der Waals surface area (Å²) in [6.45, 7) is 4.34. The number of carbonyl (C=O) groups is 1. The second-order valence-electron chi connectivity index (χ2n) is 6.39. The van der Waals surface area contributed by atoms with Crippen LogP contribution in [0.4, 0.5) is 5.69 Å². The Morgan fingerprint density at radius 1 is 1.18 bits per heavy atom. The summed E-state index contributed by atoms with van der Waals surface area (Å²) in [5, 5.41) is 10.7. The maximum atomic E-state index is 12.7. The molecule has 0 bridgehead atoms. The number of hydrogen-bond acceptors (Lipinski definition) is 5. The van der Waals surface area contributed by atoms with Crippen LogP contribution in [0, 0.1) is 10.1 Å². The fraction of sp³-hybridized carbons (Fsp3) is 0.562. The van der Waals surface area contributed by atoms with Crippen molar-refractivity contribution >= 4 is 11.5 Å². The predicted molar refractivity (Wildman–Crippen MR) is 83.0 cm³/mol. The molecule has 3 rings (SSSR count). The van der Waals surface area contributed by atoms with Crippen LogP contribution in [0.3, 0.4) is 0 Å². The van der Waals surface area contributed by atoms with Gasteiger partial charge in [-0.1, -0.05) is 12.1 Å². The summed E-state index contributed by atoms with van der Waals surface area (Å²) in [4.78, 5) is 27.5. The van der Waals surface area contributed by atoms with E-state index in [1.807, 2.05) is 0 Å². The Bertz CT molecular complexity index is 573. The lowest BCUT2D eigenvalue weighted by Gasteiger charge is -2.32. The standard InChI is InChI=1S/C16H21N3O3/c1-17-8-10-18(11-9-17)12-15(20)16(6-7-16)13-2-4-14(5-3-13)19(21)22/h2-5H,6-12H2,1H3. The molecule has 0 atom stereocenters. The molecule has 1 aromatic rings. The average Bonchev–Trinajstić information content (AvgIpc) is 3.31. The quantitative estimate of drug-likeness (QED) is 0.608. The van der Waals surface area contributed by atoms with Crippen LogP contribution in [-0.4, -0.2) is 60.3 Å². The van der Waals surface area contributed by atoms with Gasteiger partial charge in [0.2, 0.25) is 0 Å². The van der Waals surface area contributed by atoms with Crippen molar-refractivity contribution in [3.8, 4) is 0 Å². The van der Waals surface area contributed by atoms with Gasteiger partial charge in [0.25, 0.3) is 5.69 Å². The highest BCUT2D eigenvalue weighted by Gasteiger charge is 2.50. The maximum absolute atomic E-state index is 12.7. The second-order valence-corrected chi connectivity index (χ2v) is 6.39. The molecule has 118 valence electrons. The topological polar surface area (TPSA) is 66.7 Å². The summed E-state index contributed by atoms with van der Waals surface area (Å²) < 4.78 is 0. The number of Topliss-reactive ketones (excluding diaryl/α,β-unsaturated/α-hetero) is 1. The van der Waals surface area contributed by atoms with E-state index in [4.69, 9.17) is 0 Å². The normalized spacial score (nSPS) is 21.5. The monoisotopic (exact) mass is 303 g/mol. The number of carbonyl (C=O) groups excluding carboxylic acids is 1. The summed E-state index contributed by atoms with van der Waals surface area (Å²) in [6.07, 6.45) is 1.72. The summed E-state index contributed by atoms with van der Waals surface area (Å²) in [5.41, 5.74) is 0.613. The fourth-order valence-corrected chi connectivity index (χ4v) is 3.12. The smallest absolute Gasteiger partial charge is 0.269 e. The van der Waals surface area contributed by atoms with Crippen molar-refractivity contribution in [2.24, 2.45) is 0 Å². The van der Waals surface area contributed by atoms with Crippen molar-refractivity contribution in [1.82, 2.24) is 9.80 Å². The molecule has 0 N–H and O–H groups in total. The number of rotatable bonds is 5. The number of benzene rings is 1. The molecule has 0 radical (unpaired) electrons.